The van der Waals surface area contributed by atoms with Crippen LogP contribution in [0.4, 0.5) is 0 Å². The predicted octanol–water partition coefficient (Wildman–Crippen LogP) is 5.87. The number of allylic oxidation sites excluding steroid dienone is 4. The van der Waals surface area contributed by atoms with Crippen molar-refractivity contribution in [1.82, 2.24) is 9.80 Å². The van der Waals surface area contributed by atoms with Gasteiger partial charge in [0.1, 0.15) is 0 Å². The van der Waals surface area contributed by atoms with Crippen molar-refractivity contribution in [1.29, 1.82) is 0 Å². The van der Waals surface area contributed by atoms with Crippen molar-refractivity contribution in [3.8, 4) is 0 Å². The third kappa shape index (κ3) is 3.88. The Morgan fingerprint density at radius 3 is 2.65 bits per heavy atom. The van der Waals surface area contributed by atoms with Crippen LogP contribution < -0.4 is 0 Å². The number of fused-ring (bicyclic) bond motifs is 4. The molecule has 2 aliphatic carbocycles. The molecule has 34 heavy (non-hydrogen) atoms. The Morgan fingerprint density at radius 2 is 1.76 bits per heavy atom. The third-order valence-electron chi connectivity index (χ3n) is 7.84. The number of nitrogens with zero attached hydrogens (tertiary/aromatic N) is 2. The monoisotopic (exact) mass is 448 g/mol. The molecule has 1 fully saturated rings. The topological polar surface area (TPSA) is 23.6 Å². The Bertz CT molecular complexity index is 1320. The molecule has 0 saturated carbocycles. The first-order valence-electron chi connectivity index (χ1n) is 12.7. The quantitative estimate of drug-likeness (QED) is 0.500. The SMILES string of the molecule is CN1CCN(C(=O)c2cccc(Cc3cccc4ccc5c(c34)CCC3=C5C=CCC3)c2)CC1. The summed E-state index contributed by atoms with van der Waals surface area (Å²) >= 11 is 0. The van der Waals surface area contributed by atoms with Gasteiger partial charge in [-0.2, -0.15) is 0 Å². The van der Waals surface area contributed by atoms with Crippen LogP contribution in [0.15, 0.2) is 72.3 Å². The smallest absolute Gasteiger partial charge is 0.253 e. The predicted molar refractivity (Wildman–Crippen MR) is 140 cm³/mol. The summed E-state index contributed by atoms with van der Waals surface area (Å²) in [5.41, 5.74) is 9.40. The molecule has 3 aromatic carbocycles. The summed E-state index contributed by atoms with van der Waals surface area (Å²) in [6, 6.07) is 19.6. The zero-order valence-corrected chi connectivity index (χ0v) is 20.0. The van der Waals surface area contributed by atoms with E-state index in [0.29, 0.717) is 0 Å². The van der Waals surface area contributed by atoms with Gasteiger partial charge in [0.2, 0.25) is 0 Å². The second-order valence-corrected chi connectivity index (χ2v) is 10.0. The number of likely N-dealkylation sites (N-methyl/N-ethyl adjacent to an activating group) is 1. The fraction of sp³-hybridized carbons (Fsp3) is 0.323. The van der Waals surface area contributed by atoms with Crippen molar-refractivity contribution in [3.05, 3.63) is 100 Å². The minimum absolute atomic E-state index is 0.161. The summed E-state index contributed by atoms with van der Waals surface area (Å²) in [5, 5.41) is 2.74. The Balaban J connectivity index is 1.34. The maximum atomic E-state index is 13.1. The number of hydrogen-bond donors (Lipinski definition) is 0. The number of rotatable bonds is 3. The number of hydrogen-bond acceptors (Lipinski definition) is 2. The summed E-state index contributed by atoms with van der Waals surface area (Å²) in [7, 11) is 2.12. The molecule has 3 aliphatic rings. The van der Waals surface area contributed by atoms with Crippen LogP contribution >= 0.6 is 0 Å². The van der Waals surface area contributed by atoms with E-state index >= 15 is 0 Å². The van der Waals surface area contributed by atoms with Crippen LogP contribution in [0, 0.1) is 0 Å². The number of benzene rings is 3. The molecular formula is C31H32N2O. The fourth-order valence-corrected chi connectivity index (χ4v) is 5.95. The van der Waals surface area contributed by atoms with Gasteiger partial charge >= 0.3 is 0 Å². The average Bonchev–Trinajstić information content (AvgIpc) is 2.88. The first-order valence-corrected chi connectivity index (χ1v) is 12.7. The van der Waals surface area contributed by atoms with Crippen LogP contribution in [-0.4, -0.2) is 48.9 Å². The van der Waals surface area contributed by atoms with Crippen LogP contribution in [0.5, 0.6) is 0 Å². The van der Waals surface area contributed by atoms with E-state index < -0.39 is 0 Å². The molecule has 0 spiro atoms. The molecule has 3 nitrogen and oxygen atoms in total. The first kappa shape index (κ1) is 21.4. The van der Waals surface area contributed by atoms with Crippen molar-refractivity contribution in [2.45, 2.75) is 32.1 Å². The minimum Gasteiger partial charge on any atom is -0.336 e. The van der Waals surface area contributed by atoms with E-state index in [1.807, 2.05) is 17.0 Å². The normalized spacial score (nSPS) is 18.2. The molecule has 1 saturated heterocycles. The van der Waals surface area contributed by atoms with Gasteiger partial charge in [-0.3, -0.25) is 4.79 Å². The highest BCUT2D eigenvalue weighted by Gasteiger charge is 2.23. The van der Waals surface area contributed by atoms with Gasteiger partial charge in [0.25, 0.3) is 5.91 Å². The molecule has 3 heteroatoms. The highest BCUT2D eigenvalue weighted by atomic mass is 16.2. The maximum Gasteiger partial charge on any atom is 0.253 e. The first-order chi connectivity index (χ1) is 16.7. The summed E-state index contributed by atoms with van der Waals surface area (Å²) in [6.07, 6.45) is 10.2. The Morgan fingerprint density at radius 1 is 0.912 bits per heavy atom. The van der Waals surface area contributed by atoms with E-state index in [2.05, 4.69) is 66.6 Å². The van der Waals surface area contributed by atoms with Crippen LogP contribution in [-0.2, 0) is 12.8 Å². The van der Waals surface area contributed by atoms with Gasteiger partial charge in [-0.15, -0.1) is 0 Å². The lowest BCUT2D eigenvalue weighted by Crippen LogP contribution is -2.47. The van der Waals surface area contributed by atoms with Crippen molar-refractivity contribution >= 4 is 22.3 Å². The highest BCUT2D eigenvalue weighted by Crippen LogP contribution is 2.41. The van der Waals surface area contributed by atoms with Gasteiger partial charge in [-0.25, -0.2) is 0 Å². The van der Waals surface area contributed by atoms with Gasteiger partial charge < -0.3 is 9.80 Å². The lowest BCUT2D eigenvalue weighted by atomic mass is 9.78. The van der Waals surface area contributed by atoms with Crippen molar-refractivity contribution < 1.29 is 4.79 Å². The molecule has 0 atom stereocenters. The van der Waals surface area contributed by atoms with Crippen molar-refractivity contribution in [2.24, 2.45) is 0 Å². The molecule has 172 valence electrons. The van der Waals surface area contributed by atoms with Crippen LogP contribution in [0.2, 0.25) is 0 Å². The van der Waals surface area contributed by atoms with Crippen molar-refractivity contribution in [3.63, 3.8) is 0 Å². The van der Waals surface area contributed by atoms with E-state index in [0.717, 1.165) is 44.6 Å². The highest BCUT2D eigenvalue weighted by molar-refractivity contribution is 5.96. The second-order valence-electron chi connectivity index (χ2n) is 10.0. The molecule has 3 aromatic rings. The molecule has 0 unspecified atom stereocenters. The molecule has 0 bridgehead atoms. The number of aryl methyl sites for hydroxylation is 1. The van der Waals surface area contributed by atoms with Crippen molar-refractivity contribution in [2.75, 3.05) is 33.2 Å². The molecule has 1 heterocycles. The molecule has 0 aromatic heterocycles. The molecule has 6 rings (SSSR count). The Kier molecular flexibility index (Phi) is 5.58. The summed E-state index contributed by atoms with van der Waals surface area (Å²) in [4.78, 5) is 17.4. The second kappa shape index (κ2) is 8.88. The van der Waals surface area contributed by atoms with Gasteiger partial charge in [0.15, 0.2) is 0 Å². The number of carbonyl (C=O) groups excluding carboxylic acids is 1. The number of piperazine rings is 1. The lowest BCUT2D eigenvalue weighted by Gasteiger charge is -2.32. The van der Waals surface area contributed by atoms with Crippen LogP contribution in [0.25, 0.3) is 16.3 Å². The molecule has 0 radical (unpaired) electrons. The molecule has 1 aliphatic heterocycles. The van der Waals surface area contributed by atoms with Gasteiger partial charge in [-0.1, -0.05) is 60.2 Å². The summed E-state index contributed by atoms with van der Waals surface area (Å²) in [6.45, 7) is 3.50. The standard InChI is InChI=1S/C31H32N2O/c1-32-16-18-33(19-17-32)31(34)26-10-4-6-22(21-26)20-25-9-5-8-24-13-14-28-27-11-3-2-7-23(27)12-15-29(28)30(24)25/h3-6,8-11,13-14,21H,2,7,12,15-20H2,1H3. The van der Waals surface area contributed by atoms with Crippen LogP contribution in [0.3, 0.4) is 0 Å². The zero-order chi connectivity index (χ0) is 23.1. The fourth-order valence-electron chi connectivity index (χ4n) is 5.95. The third-order valence-corrected chi connectivity index (χ3v) is 7.84. The number of carbonyl (C=O) groups is 1. The van der Waals surface area contributed by atoms with E-state index in [4.69, 9.17) is 0 Å². The van der Waals surface area contributed by atoms with E-state index in [-0.39, 0.29) is 5.91 Å². The van der Waals surface area contributed by atoms with E-state index in [1.165, 1.54) is 57.9 Å². The summed E-state index contributed by atoms with van der Waals surface area (Å²) in [5.74, 6) is 0.161. The average molecular weight is 449 g/mol. The Hall–Kier alpha value is -3.17. The molecule has 1 amide bonds. The number of amides is 1. The zero-order valence-electron chi connectivity index (χ0n) is 20.0. The molecular weight excluding hydrogens is 416 g/mol. The van der Waals surface area contributed by atoms with Gasteiger partial charge in [0.05, 0.1) is 0 Å². The van der Waals surface area contributed by atoms with Crippen LogP contribution in [0.1, 0.15) is 51.9 Å². The Labute approximate surface area is 202 Å². The van der Waals surface area contributed by atoms with Gasteiger partial charge in [0, 0.05) is 31.7 Å². The largest absolute Gasteiger partial charge is 0.336 e. The molecule has 0 N–H and O–H groups in total. The van der Waals surface area contributed by atoms with E-state index in [9.17, 15) is 4.79 Å². The van der Waals surface area contributed by atoms with E-state index in [1.54, 1.807) is 5.57 Å². The maximum absolute atomic E-state index is 13.1. The minimum atomic E-state index is 0.161. The lowest BCUT2D eigenvalue weighted by molar-refractivity contribution is 0.0664. The van der Waals surface area contributed by atoms with Gasteiger partial charge in [-0.05, 0) is 89.9 Å². The summed E-state index contributed by atoms with van der Waals surface area (Å²) < 4.78 is 0.